The lowest BCUT2D eigenvalue weighted by Crippen LogP contribution is -2.50. The normalized spacial score (nSPS) is 15.6. The van der Waals surface area contributed by atoms with Crippen LogP contribution in [0.15, 0.2) is 40.3 Å². The number of nitrogens with zero attached hydrogens (tertiary/aromatic N) is 5. The summed E-state index contributed by atoms with van der Waals surface area (Å²) < 4.78 is 28.4. The first-order valence-electron chi connectivity index (χ1n) is 9.53. The smallest absolute Gasteiger partial charge is 0.266 e. The third-order valence-electron chi connectivity index (χ3n) is 5.39. The molecule has 158 valence electrons. The van der Waals surface area contributed by atoms with Gasteiger partial charge < -0.3 is 4.90 Å². The number of hydrogen-bond acceptors (Lipinski definition) is 6. The first kappa shape index (κ1) is 20.2. The highest BCUT2D eigenvalue weighted by molar-refractivity contribution is 7.89. The maximum Gasteiger partial charge on any atom is 0.266 e. The van der Waals surface area contributed by atoms with Crippen molar-refractivity contribution in [1.82, 2.24) is 28.8 Å². The van der Waals surface area contributed by atoms with Crippen LogP contribution in [0.25, 0.3) is 5.65 Å². The number of carbonyl (C=O) groups is 1. The Kier molecular flexibility index (Phi) is 5.16. The van der Waals surface area contributed by atoms with E-state index in [1.807, 2.05) is 13.8 Å². The number of carbonyl (C=O) groups excluding carboxylic acids is 1. The minimum Gasteiger partial charge on any atom is -0.340 e. The molecule has 10 nitrogen and oxygen atoms in total. The first-order chi connectivity index (χ1) is 14.3. The number of aromatic amines is 1. The number of aryl methyl sites for hydroxylation is 2. The van der Waals surface area contributed by atoms with Gasteiger partial charge in [-0.1, -0.05) is 0 Å². The van der Waals surface area contributed by atoms with Crippen LogP contribution in [0.1, 0.15) is 17.0 Å². The predicted molar refractivity (Wildman–Crippen MR) is 109 cm³/mol. The van der Waals surface area contributed by atoms with Crippen molar-refractivity contribution in [2.24, 2.45) is 0 Å². The topological polar surface area (TPSA) is 121 Å². The zero-order chi connectivity index (χ0) is 21.5. The molecule has 0 unspecified atom stereocenters. The third-order valence-corrected chi connectivity index (χ3v) is 7.28. The second-order valence-corrected chi connectivity index (χ2v) is 9.16. The van der Waals surface area contributed by atoms with E-state index in [2.05, 4.69) is 15.1 Å². The average Bonchev–Trinajstić information content (AvgIpc) is 3.12. The van der Waals surface area contributed by atoms with Crippen LogP contribution >= 0.6 is 0 Å². The molecule has 0 radical (unpaired) electrons. The van der Waals surface area contributed by atoms with Crippen molar-refractivity contribution in [2.45, 2.75) is 25.2 Å². The largest absolute Gasteiger partial charge is 0.340 e. The van der Waals surface area contributed by atoms with Crippen molar-refractivity contribution in [1.29, 1.82) is 0 Å². The summed E-state index contributed by atoms with van der Waals surface area (Å²) in [5.74, 6) is -0.102. The molecule has 0 aliphatic carbocycles. The van der Waals surface area contributed by atoms with E-state index in [1.54, 1.807) is 15.5 Å². The first-order valence-corrected chi connectivity index (χ1v) is 11.0. The number of hydrogen-bond donors (Lipinski definition) is 1. The molecular formula is C19H22N6O4S. The minimum atomic E-state index is -3.62. The molecule has 0 saturated carbocycles. The molecule has 3 aromatic rings. The van der Waals surface area contributed by atoms with E-state index >= 15 is 0 Å². The van der Waals surface area contributed by atoms with Crippen LogP contribution in [0.2, 0.25) is 0 Å². The number of H-pyrrole nitrogens is 1. The summed E-state index contributed by atoms with van der Waals surface area (Å²) in [5, 5.41) is 2.68. The number of amides is 1. The minimum absolute atomic E-state index is 0.102. The van der Waals surface area contributed by atoms with Gasteiger partial charge in [-0.2, -0.15) is 4.31 Å². The van der Waals surface area contributed by atoms with Crippen molar-refractivity contribution in [3.8, 4) is 0 Å². The fourth-order valence-corrected chi connectivity index (χ4v) is 5.09. The van der Waals surface area contributed by atoms with Crippen LogP contribution in [0, 0.1) is 13.8 Å². The molecule has 1 fully saturated rings. The Labute approximate surface area is 173 Å². The van der Waals surface area contributed by atoms with Crippen LogP contribution in [0.3, 0.4) is 0 Å². The Balaban J connectivity index is 1.47. The molecule has 0 aromatic carbocycles. The molecule has 1 N–H and O–H groups in total. The van der Waals surface area contributed by atoms with Crippen molar-refractivity contribution < 1.29 is 13.2 Å². The summed E-state index contributed by atoms with van der Waals surface area (Å²) in [6, 6.07) is 4.51. The lowest BCUT2D eigenvalue weighted by Gasteiger charge is -2.34. The monoisotopic (exact) mass is 430 g/mol. The van der Waals surface area contributed by atoms with Crippen molar-refractivity contribution in [3.63, 3.8) is 0 Å². The van der Waals surface area contributed by atoms with Crippen molar-refractivity contribution in [2.75, 3.05) is 26.2 Å². The van der Waals surface area contributed by atoms with Crippen LogP contribution in [-0.4, -0.2) is 69.3 Å². The molecule has 0 atom stereocenters. The molecule has 1 saturated heterocycles. The summed E-state index contributed by atoms with van der Waals surface area (Å²) in [7, 11) is -3.62. The summed E-state index contributed by atoms with van der Waals surface area (Å²) in [5.41, 5.74) is 2.47. The van der Waals surface area contributed by atoms with Gasteiger partial charge in [-0.25, -0.2) is 17.9 Å². The zero-order valence-electron chi connectivity index (χ0n) is 16.7. The SMILES string of the molecule is Cc1nc2cc(=O)[nH]n2c(C)c1CC(=O)N1CCN(S(=O)(=O)c2cccnc2)CC1. The molecule has 0 spiro atoms. The quantitative estimate of drug-likeness (QED) is 0.627. The number of fused-ring (bicyclic) bond motifs is 1. The van der Waals surface area contributed by atoms with E-state index in [0.717, 1.165) is 11.3 Å². The summed E-state index contributed by atoms with van der Waals surface area (Å²) in [6.07, 6.45) is 2.98. The van der Waals surface area contributed by atoms with Gasteiger partial charge in [0.15, 0.2) is 5.65 Å². The summed E-state index contributed by atoms with van der Waals surface area (Å²) in [4.78, 5) is 34.6. The van der Waals surface area contributed by atoms with Gasteiger partial charge in [-0.05, 0) is 26.0 Å². The summed E-state index contributed by atoms with van der Waals surface area (Å²) in [6.45, 7) is 4.72. The average molecular weight is 430 g/mol. The molecule has 30 heavy (non-hydrogen) atoms. The van der Waals surface area contributed by atoms with E-state index in [9.17, 15) is 18.0 Å². The number of pyridine rings is 1. The highest BCUT2D eigenvalue weighted by Gasteiger charge is 2.30. The number of piperazine rings is 1. The Morgan fingerprint density at radius 3 is 2.60 bits per heavy atom. The van der Waals surface area contributed by atoms with Crippen LogP contribution in [0.5, 0.6) is 0 Å². The van der Waals surface area contributed by atoms with E-state index in [4.69, 9.17) is 0 Å². The van der Waals surface area contributed by atoms with Gasteiger partial charge in [0.1, 0.15) is 4.90 Å². The maximum absolute atomic E-state index is 12.9. The number of sulfonamides is 1. The number of rotatable bonds is 4. The van der Waals surface area contributed by atoms with Gasteiger partial charge in [0, 0.05) is 61.6 Å². The van der Waals surface area contributed by atoms with Crippen molar-refractivity contribution >= 4 is 21.6 Å². The fourth-order valence-electron chi connectivity index (χ4n) is 3.70. The zero-order valence-corrected chi connectivity index (χ0v) is 17.5. The molecule has 3 aromatic heterocycles. The predicted octanol–water partition coefficient (Wildman–Crippen LogP) is 0.110. The molecule has 0 bridgehead atoms. The van der Waals surface area contributed by atoms with Crippen LogP contribution in [0.4, 0.5) is 0 Å². The van der Waals surface area contributed by atoms with Gasteiger partial charge in [-0.3, -0.25) is 19.7 Å². The van der Waals surface area contributed by atoms with E-state index in [-0.39, 0.29) is 35.9 Å². The van der Waals surface area contributed by atoms with Gasteiger partial charge >= 0.3 is 0 Å². The molecule has 1 aliphatic rings. The lowest BCUT2D eigenvalue weighted by atomic mass is 10.1. The second kappa shape index (κ2) is 7.65. The Morgan fingerprint density at radius 1 is 1.20 bits per heavy atom. The number of nitrogens with one attached hydrogen (secondary N) is 1. The Bertz CT molecular complexity index is 1260. The molecular weight excluding hydrogens is 408 g/mol. The molecule has 4 rings (SSSR count). The van der Waals surface area contributed by atoms with Crippen LogP contribution < -0.4 is 5.56 Å². The lowest BCUT2D eigenvalue weighted by molar-refractivity contribution is -0.131. The molecule has 1 amide bonds. The molecule has 1 aliphatic heterocycles. The standard InChI is InChI=1S/C19H22N6O4S/c1-13-16(14(2)25-17(21-13)11-18(26)22-25)10-19(27)23-6-8-24(9-7-23)30(28,29)15-4-3-5-20-12-15/h3-5,11-12H,6-10H2,1-2H3,(H,22,26). The van der Waals surface area contributed by atoms with Gasteiger partial charge in [0.2, 0.25) is 15.9 Å². The van der Waals surface area contributed by atoms with Crippen molar-refractivity contribution in [3.05, 3.63) is 57.9 Å². The number of aromatic nitrogens is 4. The van der Waals surface area contributed by atoms with Gasteiger partial charge in [0.25, 0.3) is 5.56 Å². The van der Waals surface area contributed by atoms with E-state index < -0.39 is 10.0 Å². The Morgan fingerprint density at radius 2 is 1.93 bits per heavy atom. The molecule has 11 heteroatoms. The van der Waals surface area contributed by atoms with Gasteiger partial charge in [-0.15, -0.1) is 0 Å². The second-order valence-electron chi connectivity index (χ2n) is 7.23. The Hall–Kier alpha value is -3.05. The fraction of sp³-hybridized carbons (Fsp3) is 0.368. The third kappa shape index (κ3) is 3.61. The molecule has 4 heterocycles. The highest BCUT2D eigenvalue weighted by Crippen LogP contribution is 2.18. The highest BCUT2D eigenvalue weighted by atomic mass is 32.2. The van der Waals surface area contributed by atoms with Crippen LogP contribution in [-0.2, 0) is 21.2 Å². The van der Waals surface area contributed by atoms with Gasteiger partial charge in [0.05, 0.1) is 6.42 Å². The summed E-state index contributed by atoms with van der Waals surface area (Å²) >= 11 is 0. The maximum atomic E-state index is 12.9. The van der Waals surface area contributed by atoms with E-state index in [0.29, 0.717) is 24.4 Å². The van der Waals surface area contributed by atoms with E-state index in [1.165, 1.54) is 28.8 Å².